The van der Waals surface area contributed by atoms with Gasteiger partial charge in [-0.05, 0) is 30.0 Å². The molecule has 4 amide bonds. The fourth-order valence-electron chi connectivity index (χ4n) is 4.19. The second kappa shape index (κ2) is 21.5. The van der Waals surface area contributed by atoms with Crippen LogP contribution in [0.1, 0.15) is 38.7 Å². The van der Waals surface area contributed by atoms with Gasteiger partial charge in [-0.2, -0.15) is 13.2 Å². The summed E-state index contributed by atoms with van der Waals surface area (Å²) in [5, 5.41) is 8.97. The van der Waals surface area contributed by atoms with Crippen LogP contribution in [0.15, 0.2) is 24.3 Å². The van der Waals surface area contributed by atoms with Crippen LogP contribution in [0.5, 0.6) is 5.75 Å². The van der Waals surface area contributed by atoms with E-state index in [9.17, 15) is 46.7 Å². The Morgan fingerprint density at radius 1 is 0.760 bits per heavy atom. The van der Waals surface area contributed by atoms with E-state index in [-0.39, 0.29) is 25.0 Å². The van der Waals surface area contributed by atoms with Crippen molar-refractivity contribution in [3.05, 3.63) is 29.8 Å². The summed E-state index contributed by atoms with van der Waals surface area (Å²) in [5.41, 5.74) is 0.473. The fourth-order valence-corrected chi connectivity index (χ4v) is 5.07. The van der Waals surface area contributed by atoms with Crippen LogP contribution >= 0.6 is 11.8 Å². The van der Waals surface area contributed by atoms with Gasteiger partial charge in [0.1, 0.15) is 29.9 Å². The number of benzene rings is 1. The minimum absolute atomic E-state index is 0.179. The second-order valence-corrected chi connectivity index (χ2v) is 11.8. The fraction of sp³-hybridized carbons (Fsp3) is 0.581. The summed E-state index contributed by atoms with van der Waals surface area (Å²) in [6.07, 6.45) is -5.64. The molecule has 0 saturated heterocycles. The lowest BCUT2D eigenvalue weighted by atomic mass is 9.96. The lowest BCUT2D eigenvalue weighted by molar-refractivity contribution is -0.174. The van der Waals surface area contributed by atoms with Crippen LogP contribution in [-0.2, 0) is 54.2 Å². The average Bonchev–Trinajstić information content (AvgIpc) is 3.09. The number of alkyl halides is 3. The smallest absolute Gasteiger partial charge is 0.471 e. The summed E-state index contributed by atoms with van der Waals surface area (Å²) in [5.74, 6) is -8.54. The van der Waals surface area contributed by atoms with Crippen molar-refractivity contribution < 1.29 is 65.7 Å². The molecule has 0 aliphatic rings. The number of halogens is 3. The normalized spacial score (nSPS) is 14.0. The summed E-state index contributed by atoms with van der Waals surface area (Å²) in [6, 6.07) is 0.325. The molecule has 280 valence electrons. The quantitative estimate of drug-likeness (QED) is 0.109. The van der Waals surface area contributed by atoms with Crippen LogP contribution in [0.2, 0.25) is 0 Å². The highest BCUT2D eigenvalue weighted by Gasteiger charge is 2.41. The topological polar surface area (TPSA) is 205 Å². The number of ether oxygens (including phenoxy) is 4. The molecule has 1 unspecified atom stereocenters. The molecule has 1 aromatic rings. The number of nitrogens with one attached hydrogen (secondary N) is 4. The molecule has 1 aromatic carbocycles. The Balaban J connectivity index is 3.42. The number of esters is 3. The molecular formula is C31H43F3N4O11S. The van der Waals surface area contributed by atoms with E-state index in [1.807, 2.05) is 0 Å². The summed E-state index contributed by atoms with van der Waals surface area (Å²) in [7, 11) is 4.75. The van der Waals surface area contributed by atoms with Gasteiger partial charge in [0.15, 0.2) is 0 Å². The molecule has 0 fully saturated rings. The first-order chi connectivity index (χ1) is 23.5. The maximum Gasteiger partial charge on any atom is 0.471 e. The average molecular weight is 737 g/mol. The van der Waals surface area contributed by atoms with E-state index in [0.717, 1.165) is 21.3 Å². The highest BCUT2D eigenvalue weighted by Crippen LogP contribution is 2.17. The lowest BCUT2D eigenvalue weighted by Gasteiger charge is -2.29. The van der Waals surface area contributed by atoms with E-state index in [2.05, 4.69) is 25.4 Å². The van der Waals surface area contributed by atoms with Crippen molar-refractivity contribution in [1.82, 2.24) is 21.3 Å². The molecule has 4 N–H and O–H groups in total. The third-order valence-electron chi connectivity index (χ3n) is 7.30. The van der Waals surface area contributed by atoms with E-state index < -0.39 is 83.6 Å². The molecular weight excluding hydrogens is 693 g/mol. The molecule has 0 bridgehead atoms. The molecule has 0 aliphatic heterocycles. The standard InChI is InChI=1S/C31H43F3N4O11S/c1-7-17(2)25(28(43)35-20(29(44)49-6)12-13-23(39)47-4)38-26(41)21(14-18-8-10-19(46-3)11-9-18)36-27(42)22(15-50-16-24(40)48-5)37-30(45)31(32,33)34/h8-11,17,20-22,25H,7,12-16H2,1-6H3,(H,35,43)(H,36,42)(H,37,45)(H,38,41)/t17?,20-,21-,22-,25-/m0/s1. The second-order valence-electron chi connectivity index (χ2n) is 10.8. The first-order valence-electron chi connectivity index (χ1n) is 15.2. The van der Waals surface area contributed by atoms with Crippen molar-refractivity contribution >= 4 is 53.3 Å². The Bertz CT molecular complexity index is 1330. The monoisotopic (exact) mass is 736 g/mol. The zero-order valence-electron chi connectivity index (χ0n) is 28.5. The van der Waals surface area contributed by atoms with Crippen molar-refractivity contribution in [1.29, 1.82) is 0 Å². The van der Waals surface area contributed by atoms with Gasteiger partial charge in [-0.1, -0.05) is 32.4 Å². The van der Waals surface area contributed by atoms with E-state index >= 15 is 0 Å². The lowest BCUT2D eigenvalue weighted by Crippen LogP contribution is -2.60. The number of rotatable bonds is 20. The van der Waals surface area contributed by atoms with Crippen molar-refractivity contribution in [2.45, 2.75) is 69.9 Å². The van der Waals surface area contributed by atoms with E-state index in [1.54, 1.807) is 43.4 Å². The molecule has 1 rings (SSSR count). The van der Waals surface area contributed by atoms with E-state index in [1.165, 1.54) is 7.11 Å². The molecule has 5 atom stereocenters. The number of methoxy groups -OCH3 is 4. The van der Waals surface area contributed by atoms with E-state index in [0.29, 0.717) is 29.5 Å². The minimum Gasteiger partial charge on any atom is -0.497 e. The number of carbonyl (C=O) groups is 7. The predicted octanol–water partition coefficient (Wildman–Crippen LogP) is 0.818. The van der Waals surface area contributed by atoms with Crippen LogP contribution in [-0.4, -0.2) is 112 Å². The van der Waals surface area contributed by atoms with Gasteiger partial charge in [-0.3, -0.25) is 28.8 Å². The highest BCUT2D eigenvalue weighted by atomic mass is 32.2. The zero-order valence-corrected chi connectivity index (χ0v) is 29.3. The van der Waals surface area contributed by atoms with Crippen LogP contribution in [0, 0.1) is 5.92 Å². The Morgan fingerprint density at radius 2 is 1.34 bits per heavy atom. The SMILES string of the molecule is CCC(C)[C@H](NC(=O)[C@H](Cc1ccc(OC)cc1)NC(=O)[C@H](CSCC(=O)OC)NC(=O)C(F)(F)F)C(=O)N[C@@H](CCC(=O)OC)C(=O)OC. The molecule has 0 aliphatic carbocycles. The summed E-state index contributed by atoms with van der Waals surface area (Å²) in [6.45, 7) is 3.35. The molecule has 0 aromatic heterocycles. The molecule has 0 spiro atoms. The maximum atomic E-state index is 13.8. The molecule has 0 heterocycles. The molecule has 19 heteroatoms. The minimum atomic E-state index is -5.35. The van der Waals surface area contributed by atoms with Gasteiger partial charge in [-0.25, -0.2) is 4.79 Å². The van der Waals surface area contributed by atoms with Crippen LogP contribution in [0.3, 0.4) is 0 Å². The molecule has 0 saturated carbocycles. The third-order valence-corrected chi connectivity index (χ3v) is 8.31. The summed E-state index contributed by atoms with van der Waals surface area (Å²) < 4.78 is 58.3. The number of thioether (sulfide) groups is 1. The van der Waals surface area contributed by atoms with Crippen molar-refractivity contribution in [2.24, 2.45) is 5.92 Å². The van der Waals surface area contributed by atoms with Crippen LogP contribution in [0.25, 0.3) is 0 Å². The van der Waals surface area contributed by atoms with Crippen molar-refractivity contribution in [3.63, 3.8) is 0 Å². The van der Waals surface area contributed by atoms with Gasteiger partial charge in [0, 0.05) is 18.6 Å². The Hall–Kier alpha value is -4.55. The number of hydrogen-bond donors (Lipinski definition) is 4. The largest absolute Gasteiger partial charge is 0.497 e. The van der Waals surface area contributed by atoms with Gasteiger partial charge in [0.25, 0.3) is 0 Å². The Labute approximate surface area is 291 Å². The number of amides is 4. The first kappa shape index (κ1) is 43.5. The first-order valence-corrected chi connectivity index (χ1v) is 16.4. The van der Waals surface area contributed by atoms with Gasteiger partial charge < -0.3 is 40.2 Å². The number of hydrogen-bond acceptors (Lipinski definition) is 12. The highest BCUT2D eigenvalue weighted by molar-refractivity contribution is 8.00. The summed E-state index contributed by atoms with van der Waals surface area (Å²) in [4.78, 5) is 88.0. The van der Waals surface area contributed by atoms with Gasteiger partial charge in [-0.15, -0.1) is 11.8 Å². The molecule has 50 heavy (non-hydrogen) atoms. The zero-order chi connectivity index (χ0) is 38.0. The number of carbonyl (C=O) groups excluding carboxylic acids is 7. The predicted molar refractivity (Wildman–Crippen MR) is 173 cm³/mol. The van der Waals surface area contributed by atoms with Gasteiger partial charge in [0.05, 0.1) is 34.2 Å². The van der Waals surface area contributed by atoms with E-state index in [4.69, 9.17) is 9.47 Å². The van der Waals surface area contributed by atoms with Gasteiger partial charge in [0.2, 0.25) is 17.7 Å². The van der Waals surface area contributed by atoms with Gasteiger partial charge >= 0.3 is 30.0 Å². The Morgan fingerprint density at radius 3 is 1.86 bits per heavy atom. The van der Waals surface area contributed by atoms with Crippen LogP contribution in [0.4, 0.5) is 13.2 Å². The summed E-state index contributed by atoms with van der Waals surface area (Å²) >= 11 is 0.705. The van der Waals surface area contributed by atoms with Crippen molar-refractivity contribution in [3.8, 4) is 5.75 Å². The third kappa shape index (κ3) is 14.9. The molecule has 15 nitrogen and oxygen atoms in total. The van der Waals surface area contributed by atoms with Crippen molar-refractivity contribution in [2.75, 3.05) is 39.9 Å². The Kier molecular flexibility index (Phi) is 18.7. The maximum absolute atomic E-state index is 13.8. The van der Waals surface area contributed by atoms with Crippen LogP contribution < -0.4 is 26.0 Å². The molecule has 0 radical (unpaired) electrons.